The Morgan fingerprint density at radius 1 is 0.700 bits per heavy atom. The average molecular weight is 427 g/mol. The quantitative estimate of drug-likeness (QED) is 0.155. The molecule has 4 N–H and O–H groups in total. The van der Waals surface area contributed by atoms with Crippen molar-refractivity contribution in [2.24, 2.45) is 5.73 Å². The van der Waals surface area contributed by atoms with Crippen LogP contribution in [-0.4, -0.2) is 35.9 Å². The van der Waals surface area contributed by atoms with Crippen molar-refractivity contribution in [3.05, 3.63) is 0 Å². The van der Waals surface area contributed by atoms with Crippen LogP contribution in [0, 0.1) is 0 Å². The summed E-state index contributed by atoms with van der Waals surface area (Å²) < 4.78 is 0. The number of rotatable bonds is 23. The number of nitrogens with one attached hydrogen (secondary N) is 1. The molecule has 1 amide bonds. The maximum atomic E-state index is 11.7. The maximum Gasteiger partial charge on any atom is 0.303 e. The standard InChI is InChI=1S/C24H46N2O4/c25-22(21-27)17-15-16-20-26-23(28)18-13-11-9-7-5-3-1-2-4-6-8-10-12-14-19-24(29)30/h21-22H,1-20,25H2,(H,26,28)(H,29,30)/t22-/m0/s1. The summed E-state index contributed by atoms with van der Waals surface area (Å²) in [6, 6.07) is -0.367. The van der Waals surface area contributed by atoms with Crippen LogP contribution in [-0.2, 0) is 14.4 Å². The topological polar surface area (TPSA) is 109 Å². The Labute approximate surface area is 183 Å². The number of unbranched alkanes of at least 4 members (excludes halogenated alkanes) is 14. The van der Waals surface area contributed by atoms with E-state index in [1.165, 1.54) is 64.2 Å². The predicted octanol–water partition coefficient (Wildman–Crippen LogP) is 5.13. The largest absolute Gasteiger partial charge is 0.481 e. The first-order valence-electron chi connectivity index (χ1n) is 12.3. The van der Waals surface area contributed by atoms with E-state index in [0.29, 0.717) is 25.8 Å². The van der Waals surface area contributed by atoms with Crippen molar-refractivity contribution in [2.45, 2.75) is 128 Å². The van der Waals surface area contributed by atoms with E-state index in [2.05, 4.69) is 5.32 Å². The number of amides is 1. The summed E-state index contributed by atoms with van der Waals surface area (Å²) in [7, 11) is 0. The lowest BCUT2D eigenvalue weighted by Gasteiger charge is -2.06. The summed E-state index contributed by atoms with van der Waals surface area (Å²) in [4.78, 5) is 32.6. The molecule has 6 nitrogen and oxygen atoms in total. The predicted molar refractivity (Wildman–Crippen MR) is 122 cm³/mol. The lowest BCUT2D eigenvalue weighted by atomic mass is 10.0. The highest BCUT2D eigenvalue weighted by atomic mass is 16.4. The normalized spacial score (nSPS) is 11.9. The van der Waals surface area contributed by atoms with E-state index in [1.54, 1.807) is 0 Å². The lowest BCUT2D eigenvalue weighted by molar-refractivity contribution is -0.137. The Kier molecular flexibility index (Phi) is 21.2. The van der Waals surface area contributed by atoms with Gasteiger partial charge in [0.15, 0.2) is 0 Å². The summed E-state index contributed by atoms with van der Waals surface area (Å²) in [6.45, 7) is 0.676. The van der Waals surface area contributed by atoms with Crippen LogP contribution in [0.25, 0.3) is 0 Å². The SMILES string of the molecule is N[C@H](C=O)CCCCNC(=O)CCCCCCCCCCCCCCCCC(=O)O. The van der Waals surface area contributed by atoms with E-state index < -0.39 is 5.97 Å². The fourth-order valence-corrected chi connectivity index (χ4v) is 3.57. The fourth-order valence-electron chi connectivity index (χ4n) is 3.57. The smallest absolute Gasteiger partial charge is 0.303 e. The first-order valence-corrected chi connectivity index (χ1v) is 12.3. The Balaban J connectivity index is 3.17. The van der Waals surface area contributed by atoms with Gasteiger partial charge in [0.05, 0.1) is 6.04 Å². The molecule has 0 spiro atoms. The molecule has 0 unspecified atom stereocenters. The second kappa shape index (κ2) is 22.3. The van der Waals surface area contributed by atoms with Gasteiger partial charge < -0.3 is 21.0 Å². The van der Waals surface area contributed by atoms with E-state index in [-0.39, 0.29) is 11.9 Å². The molecule has 0 aromatic rings. The van der Waals surface area contributed by atoms with Crippen molar-refractivity contribution in [3.63, 3.8) is 0 Å². The van der Waals surface area contributed by atoms with Gasteiger partial charge in [-0.25, -0.2) is 0 Å². The van der Waals surface area contributed by atoms with E-state index in [4.69, 9.17) is 10.8 Å². The molecule has 176 valence electrons. The molecule has 0 aliphatic heterocycles. The van der Waals surface area contributed by atoms with Gasteiger partial charge in [-0.05, 0) is 32.1 Å². The number of aldehydes is 1. The Bertz CT molecular complexity index is 429. The molecule has 30 heavy (non-hydrogen) atoms. The van der Waals surface area contributed by atoms with Gasteiger partial charge in [-0.3, -0.25) is 9.59 Å². The first kappa shape index (κ1) is 28.6. The van der Waals surface area contributed by atoms with Gasteiger partial charge in [-0.15, -0.1) is 0 Å². The molecule has 0 saturated carbocycles. The van der Waals surface area contributed by atoms with E-state index >= 15 is 0 Å². The molecule has 0 aliphatic carbocycles. The van der Waals surface area contributed by atoms with Crippen molar-refractivity contribution in [1.29, 1.82) is 0 Å². The summed E-state index contributed by atoms with van der Waals surface area (Å²) in [6.07, 6.45) is 20.8. The van der Waals surface area contributed by atoms with Gasteiger partial charge in [0.25, 0.3) is 0 Å². The van der Waals surface area contributed by atoms with Crippen LogP contribution in [0.2, 0.25) is 0 Å². The number of carboxylic acids is 1. The third-order valence-corrected chi connectivity index (χ3v) is 5.51. The van der Waals surface area contributed by atoms with Gasteiger partial charge in [0, 0.05) is 19.4 Å². The van der Waals surface area contributed by atoms with Crippen LogP contribution in [0.1, 0.15) is 122 Å². The van der Waals surface area contributed by atoms with Gasteiger partial charge in [0.1, 0.15) is 6.29 Å². The van der Waals surface area contributed by atoms with Gasteiger partial charge in [0.2, 0.25) is 5.91 Å². The van der Waals surface area contributed by atoms with E-state index in [1.807, 2.05) is 0 Å². The Hall–Kier alpha value is -1.43. The second-order valence-electron chi connectivity index (χ2n) is 8.49. The number of hydrogen-bond acceptors (Lipinski definition) is 4. The third kappa shape index (κ3) is 22.9. The van der Waals surface area contributed by atoms with Crippen molar-refractivity contribution in [1.82, 2.24) is 5.32 Å². The molecular weight excluding hydrogens is 380 g/mol. The number of nitrogens with two attached hydrogens (primary N) is 1. The van der Waals surface area contributed by atoms with Crippen LogP contribution in [0.3, 0.4) is 0 Å². The second-order valence-corrected chi connectivity index (χ2v) is 8.49. The van der Waals surface area contributed by atoms with Crippen LogP contribution < -0.4 is 11.1 Å². The monoisotopic (exact) mass is 426 g/mol. The Morgan fingerprint density at radius 2 is 1.13 bits per heavy atom. The van der Waals surface area contributed by atoms with Crippen LogP contribution >= 0.6 is 0 Å². The summed E-state index contributed by atoms with van der Waals surface area (Å²) in [5, 5.41) is 11.5. The zero-order valence-corrected chi connectivity index (χ0v) is 19.0. The zero-order valence-electron chi connectivity index (χ0n) is 19.0. The highest BCUT2D eigenvalue weighted by Crippen LogP contribution is 2.13. The molecule has 0 aromatic heterocycles. The molecule has 0 heterocycles. The average Bonchev–Trinajstić information content (AvgIpc) is 2.72. The molecule has 0 aromatic carbocycles. The van der Waals surface area contributed by atoms with Crippen molar-refractivity contribution in [3.8, 4) is 0 Å². The van der Waals surface area contributed by atoms with Crippen LogP contribution in [0.15, 0.2) is 0 Å². The number of carbonyl (C=O) groups excluding carboxylic acids is 2. The third-order valence-electron chi connectivity index (χ3n) is 5.51. The minimum absolute atomic E-state index is 0.136. The molecule has 1 atom stereocenters. The molecule has 0 fully saturated rings. The molecule has 0 saturated heterocycles. The molecule has 6 heteroatoms. The molecule has 0 rings (SSSR count). The summed E-state index contributed by atoms with van der Waals surface area (Å²) in [5.41, 5.74) is 5.52. The number of carbonyl (C=O) groups is 3. The highest BCUT2D eigenvalue weighted by Gasteiger charge is 2.02. The maximum absolute atomic E-state index is 11.7. The number of carboxylic acid groups (broad SMARTS) is 1. The minimum atomic E-state index is -0.679. The summed E-state index contributed by atoms with van der Waals surface area (Å²) in [5.74, 6) is -0.544. The van der Waals surface area contributed by atoms with E-state index in [0.717, 1.165) is 44.8 Å². The number of aliphatic carboxylic acids is 1. The van der Waals surface area contributed by atoms with E-state index in [9.17, 15) is 14.4 Å². The van der Waals surface area contributed by atoms with Crippen molar-refractivity contribution >= 4 is 18.2 Å². The molecular formula is C24H46N2O4. The summed E-state index contributed by atoms with van der Waals surface area (Å²) >= 11 is 0. The zero-order chi connectivity index (χ0) is 22.3. The fraction of sp³-hybridized carbons (Fsp3) is 0.875. The first-order chi connectivity index (χ1) is 14.6. The minimum Gasteiger partial charge on any atom is -0.481 e. The Morgan fingerprint density at radius 3 is 1.57 bits per heavy atom. The highest BCUT2D eigenvalue weighted by molar-refractivity contribution is 5.75. The van der Waals surface area contributed by atoms with Crippen molar-refractivity contribution in [2.75, 3.05) is 6.54 Å². The van der Waals surface area contributed by atoms with Gasteiger partial charge >= 0.3 is 5.97 Å². The molecule has 0 bridgehead atoms. The van der Waals surface area contributed by atoms with Crippen LogP contribution in [0.5, 0.6) is 0 Å². The van der Waals surface area contributed by atoms with Crippen LogP contribution in [0.4, 0.5) is 0 Å². The van der Waals surface area contributed by atoms with Crippen molar-refractivity contribution < 1.29 is 19.5 Å². The molecule has 0 aliphatic rings. The van der Waals surface area contributed by atoms with Gasteiger partial charge in [-0.2, -0.15) is 0 Å². The lowest BCUT2D eigenvalue weighted by Crippen LogP contribution is -2.25. The van der Waals surface area contributed by atoms with Gasteiger partial charge in [-0.1, -0.05) is 77.0 Å². The number of hydrogen-bond donors (Lipinski definition) is 3. The molecule has 0 radical (unpaired) electrons.